The Morgan fingerprint density at radius 2 is 1.84 bits per heavy atom. The molecule has 0 radical (unpaired) electrons. The molecule has 9 heteroatoms. The van der Waals surface area contributed by atoms with E-state index < -0.39 is 60.5 Å². The minimum atomic E-state index is -1.45. The third kappa shape index (κ3) is 10.8. The Balaban J connectivity index is 2.06. The second-order valence-electron chi connectivity index (χ2n) is 13.2. The van der Waals surface area contributed by atoms with Crippen LogP contribution in [0.2, 0.25) is 0 Å². The molecule has 246 valence electrons. The van der Waals surface area contributed by atoms with Gasteiger partial charge in [-0.15, -0.1) is 0 Å². The molecule has 0 aliphatic carbocycles. The number of unbranched alkanes of at least 4 members (excludes halogenated alkanes) is 3. The lowest BCUT2D eigenvalue weighted by atomic mass is 9.77. The Morgan fingerprint density at radius 1 is 1.14 bits per heavy atom. The summed E-state index contributed by atoms with van der Waals surface area (Å²) in [6.07, 6.45) is 9.11. The van der Waals surface area contributed by atoms with E-state index in [0.29, 0.717) is 5.92 Å². The number of allylic oxidation sites excluding steroid dienone is 3. The Labute approximate surface area is 257 Å². The monoisotopic (exact) mass is 608 g/mol. The number of aliphatic hydroxyl groups excluding tert-OH is 6. The molecule has 43 heavy (non-hydrogen) atoms. The van der Waals surface area contributed by atoms with Crippen LogP contribution in [0.1, 0.15) is 86.5 Å². The van der Waals surface area contributed by atoms with Crippen molar-refractivity contribution in [3.63, 3.8) is 0 Å². The molecule has 0 saturated carbocycles. The first-order valence-corrected chi connectivity index (χ1v) is 15.8. The van der Waals surface area contributed by atoms with E-state index >= 15 is 0 Å². The fourth-order valence-corrected chi connectivity index (χ4v) is 5.87. The summed E-state index contributed by atoms with van der Waals surface area (Å²) in [6.45, 7) is 11.4. The summed E-state index contributed by atoms with van der Waals surface area (Å²) in [4.78, 5) is 13.0. The van der Waals surface area contributed by atoms with E-state index in [4.69, 9.17) is 9.47 Å². The van der Waals surface area contributed by atoms with Gasteiger partial charge in [0.05, 0.1) is 31.5 Å². The van der Waals surface area contributed by atoms with E-state index in [9.17, 15) is 35.4 Å². The van der Waals surface area contributed by atoms with Gasteiger partial charge in [-0.05, 0) is 32.3 Å². The Kier molecular flexibility index (Phi) is 15.1. The zero-order valence-corrected chi connectivity index (χ0v) is 26.9. The van der Waals surface area contributed by atoms with Gasteiger partial charge in [-0.1, -0.05) is 95.2 Å². The maximum absolute atomic E-state index is 13.0. The van der Waals surface area contributed by atoms with Gasteiger partial charge in [-0.2, -0.15) is 0 Å². The average Bonchev–Trinajstić information content (AvgIpc) is 2.95. The first kappa shape index (κ1) is 37.2. The minimum absolute atomic E-state index is 0.00417. The van der Waals surface area contributed by atoms with Crippen LogP contribution in [0.25, 0.3) is 0 Å². The molecule has 0 bridgehead atoms. The maximum Gasteiger partial charge on any atom is 0.320 e. The van der Waals surface area contributed by atoms with Crippen molar-refractivity contribution in [1.82, 2.24) is 0 Å². The molecule has 5 unspecified atom stereocenters. The zero-order chi connectivity index (χ0) is 32.3. The lowest BCUT2D eigenvalue weighted by Gasteiger charge is -2.43. The highest BCUT2D eigenvalue weighted by Crippen LogP contribution is 2.38. The number of rotatable bonds is 16. The van der Waals surface area contributed by atoms with Crippen molar-refractivity contribution in [3.8, 4) is 0 Å². The van der Waals surface area contributed by atoms with Crippen molar-refractivity contribution in [1.29, 1.82) is 0 Å². The molecular weight excluding hydrogens is 552 g/mol. The fraction of sp³-hybridized carbons (Fsp3) is 0.735. The number of cyclic esters (lactones) is 1. The molecule has 9 atom stereocenters. The van der Waals surface area contributed by atoms with Crippen molar-refractivity contribution < 1.29 is 44.9 Å². The molecule has 2 aliphatic rings. The van der Waals surface area contributed by atoms with Crippen LogP contribution in [0.5, 0.6) is 0 Å². The lowest BCUT2D eigenvalue weighted by Crippen LogP contribution is -2.56. The van der Waals surface area contributed by atoms with Crippen LogP contribution in [0.3, 0.4) is 0 Å². The summed E-state index contributed by atoms with van der Waals surface area (Å²) < 4.78 is 11.2. The smallest absolute Gasteiger partial charge is 0.320 e. The van der Waals surface area contributed by atoms with Crippen LogP contribution < -0.4 is 0 Å². The summed E-state index contributed by atoms with van der Waals surface area (Å²) in [5.41, 5.74) is 1.06. The van der Waals surface area contributed by atoms with Crippen LogP contribution in [0.15, 0.2) is 47.3 Å². The van der Waals surface area contributed by atoms with Crippen molar-refractivity contribution >= 4 is 5.97 Å². The van der Waals surface area contributed by atoms with E-state index in [-0.39, 0.29) is 24.7 Å². The highest BCUT2D eigenvalue weighted by molar-refractivity contribution is 5.78. The average molecular weight is 609 g/mol. The molecule has 0 aromatic heterocycles. The molecular formula is C34H56O9. The van der Waals surface area contributed by atoms with Gasteiger partial charge >= 0.3 is 5.97 Å². The standard InChI is InChI=1S/C34H56O9/c1-7-8-9-10-11-21(2)14-23(4)16-24(19-35)15-22(3)12-13-28(39)34(5,6)29-18-26(37)30(33(41)43-29)32-31(40)27(38)17-25(20-36)42-32/h12-13,15-16,18,21,24-25,27-32,35-40H,7-11,14,17,19-20H2,1-6H3/b13-12+,22-15+,23-16-/t21?,24?,25-,27-,28?,29?,30?,31+,32-/m1/s1. The van der Waals surface area contributed by atoms with Gasteiger partial charge in [-0.25, -0.2) is 0 Å². The van der Waals surface area contributed by atoms with Crippen LogP contribution in [-0.2, 0) is 14.3 Å². The zero-order valence-electron chi connectivity index (χ0n) is 26.9. The highest BCUT2D eigenvalue weighted by Gasteiger charge is 2.50. The second kappa shape index (κ2) is 17.5. The number of hydrogen-bond donors (Lipinski definition) is 6. The Hall–Kier alpha value is -2.01. The number of ether oxygens (including phenoxy) is 2. The normalized spacial score (nSPS) is 29.7. The molecule has 9 nitrogen and oxygen atoms in total. The van der Waals surface area contributed by atoms with E-state index in [0.717, 1.165) is 12.0 Å². The van der Waals surface area contributed by atoms with E-state index in [2.05, 4.69) is 26.8 Å². The highest BCUT2D eigenvalue weighted by atomic mass is 16.6. The van der Waals surface area contributed by atoms with E-state index in [1.54, 1.807) is 26.0 Å². The van der Waals surface area contributed by atoms with Crippen molar-refractivity contribution in [3.05, 3.63) is 47.3 Å². The van der Waals surface area contributed by atoms with Gasteiger partial charge in [0.2, 0.25) is 0 Å². The maximum atomic E-state index is 13.0. The summed E-state index contributed by atoms with van der Waals surface area (Å²) >= 11 is 0. The van der Waals surface area contributed by atoms with Crippen molar-refractivity contribution in [2.45, 2.75) is 123 Å². The summed E-state index contributed by atoms with van der Waals surface area (Å²) in [6, 6.07) is 0. The van der Waals surface area contributed by atoms with Crippen LogP contribution >= 0.6 is 0 Å². The number of carbonyl (C=O) groups excluding carboxylic acids is 1. The Morgan fingerprint density at radius 3 is 2.44 bits per heavy atom. The quantitative estimate of drug-likeness (QED) is 0.0651. The van der Waals surface area contributed by atoms with Gasteiger partial charge in [0.25, 0.3) is 0 Å². The Bertz CT molecular complexity index is 998. The van der Waals surface area contributed by atoms with Gasteiger partial charge in [0.15, 0.2) is 0 Å². The molecule has 2 rings (SSSR count). The number of aliphatic hydroxyl groups is 6. The predicted molar refractivity (Wildman–Crippen MR) is 166 cm³/mol. The molecule has 6 N–H and O–H groups in total. The van der Waals surface area contributed by atoms with E-state index in [1.165, 1.54) is 43.8 Å². The molecule has 2 heterocycles. The van der Waals surface area contributed by atoms with Crippen molar-refractivity contribution in [2.24, 2.45) is 23.2 Å². The fourth-order valence-electron chi connectivity index (χ4n) is 5.87. The molecule has 1 fully saturated rings. The molecule has 2 aliphatic heterocycles. The first-order valence-electron chi connectivity index (χ1n) is 15.8. The van der Waals surface area contributed by atoms with Crippen LogP contribution in [0.4, 0.5) is 0 Å². The number of esters is 1. The van der Waals surface area contributed by atoms with Gasteiger partial charge in [0.1, 0.15) is 30.0 Å². The summed E-state index contributed by atoms with van der Waals surface area (Å²) in [5, 5.41) is 61.8. The number of carbonyl (C=O) groups is 1. The third-order valence-electron chi connectivity index (χ3n) is 8.70. The molecule has 0 aromatic carbocycles. The summed E-state index contributed by atoms with van der Waals surface area (Å²) in [5.74, 6) is -2.18. The second-order valence-corrected chi connectivity index (χ2v) is 13.2. The minimum Gasteiger partial charge on any atom is -0.511 e. The largest absolute Gasteiger partial charge is 0.511 e. The lowest BCUT2D eigenvalue weighted by molar-refractivity contribution is -0.206. The van der Waals surface area contributed by atoms with Gasteiger partial charge in [0, 0.05) is 17.8 Å². The third-order valence-corrected chi connectivity index (χ3v) is 8.70. The molecule has 0 aromatic rings. The molecule has 1 saturated heterocycles. The first-order chi connectivity index (χ1) is 20.2. The predicted octanol–water partition coefficient (Wildman–Crippen LogP) is 4.28. The van der Waals surface area contributed by atoms with Crippen LogP contribution in [-0.4, -0.2) is 86.4 Å². The topological polar surface area (TPSA) is 157 Å². The SMILES string of the molecule is CCCCCCC(C)C/C(C)=C\C(/C=C(C)/C=C/C(O)C(C)(C)C1C=C(O)C([C@H]2O[C@@H](CO)C[C@@H](O)[C@@H]2O)C(=O)O1)CO. The number of hydrogen-bond acceptors (Lipinski definition) is 9. The molecule has 0 spiro atoms. The van der Waals surface area contributed by atoms with Crippen molar-refractivity contribution in [2.75, 3.05) is 13.2 Å². The van der Waals surface area contributed by atoms with Gasteiger partial charge in [-0.3, -0.25) is 4.79 Å². The summed E-state index contributed by atoms with van der Waals surface area (Å²) in [7, 11) is 0. The van der Waals surface area contributed by atoms with Crippen LogP contribution in [0, 0.1) is 23.2 Å². The molecule has 0 amide bonds. The van der Waals surface area contributed by atoms with Gasteiger partial charge < -0.3 is 40.1 Å². The van der Waals surface area contributed by atoms with E-state index in [1.807, 2.05) is 13.0 Å².